The monoisotopic (exact) mass is 280 g/mol. The van der Waals surface area contributed by atoms with Gasteiger partial charge in [0.1, 0.15) is 4.88 Å². The van der Waals surface area contributed by atoms with Crippen LogP contribution in [0.1, 0.15) is 58.9 Å². The molecule has 2 aliphatic rings. The van der Waals surface area contributed by atoms with Crippen molar-refractivity contribution in [1.82, 2.24) is 10.3 Å². The van der Waals surface area contributed by atoms with Gasteiger partial charge in [0, 0.05) is 18.4 Å². The van der Waals surface area contributed by atoms with E-state index in [1.165, 1.54) is 24.2 Å². The minimum atomic E-state index is -0.187. The molecule has 0 radical (unpaired) electrons. The summed E-state index contributed by atoms with van der Waals surface area (Å²) in [4.78, 5) is 17.4. The Hall–Kier alpha value is -0.940. The molecule has 3 rings (SSSR count). The van der Waals surface area contributed by atoms with Crippen molar-refractivity contribution in [1.29, 1.82) is 0 Å². The summed E-state index contributed by atoms with van der Waals surface area (Å²) in [6.07, 6.45) is 5.74. The van der Waals surface area contributed by atoms with Crippen molar-refractivity contribution in [2.45, 2.75) is 51.0 Å². The second-order valence-electron chi connectivity index (χ2n) is 5.31. The molecule has 19 heavy (non-hydrogen) atoms. The molecule has 0 amide bonds. The normalized spacial score (nSPS) is 22.7. The molecule has 1 aromatic heterocycles. The summed E-state index contributed by atoms with van der Waals surface area (Å²) in [5.74, 6) is 0.313. The van der Waals surface area contributed by atoms with E-state index in [0.717, 1.165) is 41.4 Å². The number of ether oxygens (including phenoxy) is 1. The van der Waals surface area contributed by atoms with E-state index in [9.17, 15) is 4.79 Å². The third kappa shape index (κ3) is 2.98. The number of thiazole rings is 1. The van der Waals surface area contributed by atoms with Crippen LogP contribution in [-0.2, 0) is 11.2 Å². The van der Waals surface area contributed by atoms with E-state index in [1.54, 1.807) is 0 Å². The largest absolute Gasteiger partial charge is 0.462 e. The quantitative estimate of drug-likeness (QED) is 0.842. The average Bonchev–Trinajstić information content (AvgIpc) is 2.96. The fourth-order valence-electron chi connectivity index (χ4n) is 2.58. The van der Waals surface area contributed by atoms with Crippen LogP contribution in [-0.4, -0.2) is 30.1 Å². The van der Waals surface area contributed by atoms with E-state index in [2.05, 4.69) is 5.32 Å². The highest BCUT2D eigenvalue weighted by Gasteiger charge is 2.33. The topological polar surface area (TPSA) is 51.2 Å². The van der Waals surface area contributed by atoms with Gasteiger partial charge in [-0.15, -0.1) is 11.3 Å². The summed E-state index contributed by atoms with van der Waals surface area (Å²) in [5.41, 5.74) is 0.997. The van der Waals surface area contributed by atoms with Crippen molar-refractivity contribution in [3.05, 3.63) is 15.6 Å². The van der Waals surface area contributed by atoms with Gasteiger partial charge < -0.3 is 10.1 Å². The molecule has 1 aliphatic carbocycles. The fraction of sp³-hybridized carbons (Fsp3) is 0.714. The lowest BCUT2D eigenvalue weighted by Gasteiger charge is -2.06. The van der Waals surface area contributed by atoms with Crippen molar-refractivity contribution < 1.29 is 9.53 Å². The van der Waals surface area contributed by atoms with Crippen LogP contribution in [0.15, 0.2) is 0 Å². The zero-order chi connectivity index (χ0) is 13.2. The highest BCUT2D eigenvalue weighted by atomic mass is 32.1. The Balaban J connectivity index is 1.77. The second-order valence-corrected chi connectivity index (χ2v) is 6.40. The Kier molecular flexibility index (Phi) is 3.84. The van der Waals surface area contributed by atoms with Gasteiger partial charge in [0.15, 0.2) is 0 Å². The molecule has 1 saturated heterocycles. The van der Waals surface area contributed by atoms with E-state index >= 15 is 0 Å². The fourth-order valence-corrected chi connectivity index (χ4v) is 3.71. The van der Waals surface area contributed by atoms with E-state index < -0.39 is 0 Å². The SMILES string of the molecule is CCOC(=O)c1sc(CC2CCCN2)nc1C1CC1. The Bertz CT molecular complexity index is 462. The molecule has 1 N–H and O–H groups in total. The Morgan fingerprint density at radius 1 is 1.47 bits per heavy atom. The minimum absolute atomic E-state index is 0.187. The summed E-state index contributed by atoms with van der Waals surface area (Å²) >= 11 is 1.54. The van der Waals surface area contributed by atoms with E-state index in [0.29, 0.717) is 18.6 Å². The maximum Gasteiger partial charge on any atom is 0.350 e. The number of rotatable bonds is 5. The first kappa shape index (κ1) is 13.1. The number of esters is 1. The van der Waals surface area contributed by atoms with Crippen molar-refractivity contribution in [2.75, 3.05) is 13.2 Å². The van der Waals surface area contributed by atoms with Crippen LogP contribution in [0, 0.1) is 0 Å². The van der Waals surface area contributed by atoms with Gasteiger partial charge >= 0.3 is 5.97 Å². The molecule has 0 spiro atoms. The van der Waals surface area contributed by atoms with Gasteiger partial charge in [-0.3, -0.25) is 0 Å². The van der Waals surface area contributed by atoms with Crippen LogP contribution in [0.3, 0.4) is 0 Å². The Morgan fingerprint density at radius 3 is 2.95 bits per heavy atom. The number of nitrogens with zero attached hydrogens (tertiary/aromatic N) is 1. The molecule has 1 unspecified atom stereocenters. The van der Waals surface area contributed by atoms with Gasteiger partial charge in [-0.2, -0.15) is 0 Å². The molecule has 0 bridgehead atoms. The van der Waals surface area contributed by atoms with Crippen molar-refractivity contribution >= 4 is 17.3 Å². The van der Waals surface area contributed by atoms with Crippen LogP contribution in [0.5, 0.6) is 0 Å². The first-order chi connectivity index (χ1) is 9.28. The Labute approximate surface area is 117 Å². The lowest BCUT2D eigenvalue weighted by Crippen LogP contribution is -2.23. The molecule has 2 heterocycles. The van der Waals surface area contributed by atoms with Crippen molar-refractivity contribution in [3.63, 3.8) is 0 Å². The van der Waals surface area contributed by atoms with Crippen molar-refractivity contribution in [2.24, 2.45) is 0 Å². The predicted octanol–water partition coefficient (Wildman–Crippen LogP) is 2.49. The maximum atomic E-state index is 12.0. The van der Waals surface area contributed by atoms with Crippen LogP contribution in [0.25, 0.3) is 0 Å². The van der Waals surface area contributed by atoms with Crippen LogP contribution in [0.4, 0.5) is 0 Å². The van der Waals surface area contributed by atoms with Gasteiger partial charge in [0.05, 0.1) is 17.3 Å². The number of aromatic nitrogens is 1. The zero-order valence-electron chi connectivity index (χ0n) is 11.3. The van der Waals surface area contributed by atoms with E-state index in [4.69, 9.17) is 9.72 Å². The van der Waals surface area contributed by atoms with Crippen molar-refractivity contribution in [3.8, 4) is 0 Å². The standard InChI is InChI=1S/C14H20N2O2S/c1-2-18-14(17)13-12(9-5-6-9)16-11(19-13)8-10-4-3-7-15-10/h9-10,15H,2-8H2,1H3. The molecule has 5 heteroatoms. The summed E-state index contributed by atoms with van der Waals surface area (Å²) in [6.45, 7) is 3.38. The molecular weight excluding hydrogens is 260 g/mol. The number of carbonyl (C=O) groups excluding carboxylic acids is 1. The first-order valence-electron chi connectivity index (χ1n) is 7.18. The molecule has 1 atom stereocenters. The first-order valence-corrected chi connectivity index (χ1v) is 7.99. The lowest BCUT2D eigenvalue weighted by atomic mass is 10.2. The summed E-state index contributed by atoms with van der Waals surface area (Å²) < 4.78 is 5.15. The molecule has 2 fully saturated rings. The van der Waals surface area contributed by atoms with Gasteiger partial charge in [0.25, 0.3) is 0 Å². The van der Waals surface area contributed by atoms with Crippen LogP contribution >= 0.6 is 11.3 Å². The zero-order valence-corrected chi connectivity index (χ0v) is 12.1. The third-order valence-corrected chi connectivity index (χ3v) is 4.78. The Morgan fingerprint density at radius 2 is 2.32 bits per heavy atom. The molecule has 104 valence electrons. The smallest absolute Gasteiger partial charge is 0.350 e. The van der Waals surface area contributed by atoms with E-state index in [1.807, 2.05) is 6.92 Å². The highest BCUT2D eigenvalue weighted by Crippen LogP contribution is 2.43. The molecule has 4 nitrogen and oxygen atoms in total. The van der Waals surface area contributed by atoms with Crippen LogP contribution < -0.4 is 5.32 Å². The number of hydrogen-bond donors (Lipinski definition) is 1. The summed E-state index contributed by atoms with van der Waals surface area (Å²) in [6, 6.07) is 0.535. The van der Waals surface area contributed by atoms with Gasteiger partial charge in [-0.1, -0.05) is 0 Å². The maximum absolute atomic E-state index is 12.0. The molecule has 1 saturated carbocycles. The van der Waals surface area contributed by atoms with Gasteiger partial charge in [0.2, 0.25) is 0 Å². The molecular formula is C14H20N2O2S. The lowest BCUT2D eigenvalue weighted by molar-refractivity contribution is 0.0530. The number of hydrogen-bond acceptors (Lipinski definition) is 5. The van der Waals surface area contributed by atoms with Crippen LogP contribution in [0.2, 0.25) is 0 Å². The summed E-state index contributed by atoms with van der Waals surface area (Å²) in [7, 11) is 0. The molecule has 0 aromatic carbocycles. The van der Waals surface area contributed by atoms with Gasteiger partial charge in [-0.25, -0.2) is 9.78 Å². The highest BCUT2D eigenvalue weighted by molar-refractivity contribution is 7.13. The number of nitrogens with one attached hydrogen (secondary N) is 1. The second kappa shape index (κ2) is 5.59. The molecule has 1 aromatic rings. The minimum Gasteiger partial charge on any atom is -0.462 e. The van der Waals surface area contributed by atoms with Gasteiger partial charge in [-0.05, 0) is 39.2 Å². The predicted molar refractivity (Wildman–Crippen MR) is 74.8 cm³/mol. The summed E-state index contributed by atoms with van der Waals surface area (Å²) in [5, 5.41) is 4.57. The average molecular weight is 280 g/mol. The molecule has 1 aliphatic heterocycles. The number of carbonyl (C=O) groups is 1. The van der Waals surface area contributed by atoms with E-state index in [-0.39, 0.29) is 5.97 Å². The third-order valence-electron chi connectivity index (χ3n) is 3.71.